The molecule has 112 valence electrons. The van der Waals surface area contributed by atoms with Crippen LogP contribution in [0.3, 0.4) is 0 Å². The second kappa shape index (κ2) is 7.17. The molecule has 4 heteroatoms. The average molecular weight is 278 g/mol. The van der Waals surface area contributed by atoms with E-state index in [1.54, 1.807) is 0 Å². The van der Waals surface area contributed by atoms with Crippen LogP contribution in [-0.2, 0) is 4.74 Å². The van der Waals surface area contributed by atoms with Crippen LogP contribution in [0, 0.1) is 0 Å². The number of benzene rings is 1. The van der Waals surface area contributed by atoms with Crippen LogP contribution in [0.25, 0.3) is 0 Å². The van der Waals surface area contributed by atoms with Crippen molar-refractivity contribution < 1.29 is 9.53 Å². The monoisotopic (exact) mass is 278 g/mol. The van der Waals surface area contributed by atoms with Crippen molar-refractivity contribution in [3.8, 4) is 0 Å². The Morgan fingerprint density at radius 2 is 1.75 bits per heavy atom. The second-order valence-corrected chi connectivity index (χ2v) is 6.13. The van der Waals surface area contributed by atoms with Gasteiger partial charge in [-0.1, -0.05) is 26.0 Å². The third-order valence-electron chi connectivity index (χ3n) is 2.70. The van der Waals surface area contributed by atoms with Crippen molar-refractivity contribution in [1.82, 2.24) is 5.32 Å². The molecule has 2 N–H and O–H groups in total. The minimum atomic E-state index is -0.454. The minimum Gasteiger partial charge on any atom is -0.444 e. The molecule has 1 aromatic rings. The molecule has 0 unspecified atom stereocenters. The third kappa shape index (κ3) is 6.45. The highest BCUT2D eigenvalue weighted by Crippen LogP contribution is 2.16. The molecule has 0 spiro atoms. The molecule has 0 aromatic heterocycles. The molecule has 0 heterocycles. The first kappa shape index (κ1) is 16.3. The van der Waals surface area contributed by atoms with Crippen LogP contribution in [-0.4, -0.2) is 24.8 Å². The van der Waals surface area contributed by atoms with Crippen molar-refractivity contribution in [3.05, 3.63) is 29.8 Å². The Hall–Kier alpha value is -1.71. The zero-order chi connectivity index (χ0) is 15.2. The predicted molar refractivity (Wildman–Crippen MR) is 83.3 cm³/mol. The quantitative estimate of drug-likeness (QED) is 0.807. The van der Waals surface area contributed by atoms with E-state index in [2.05, 4.69) is 48.7 Å². The van der Waals surface area contributed by atoms with E-state index >= 15 is 0 Å². The minimum absolute atomic E-state index is 0.380. The summed E-state index contributed by atoms with van der Waals surface area (Å²) in [6.07, 6.45) is -0.380. The molecule has 1 rings (SSSR count). The number of rotatable bonds is 5. The van der Waals surface area contributed by atoms with E-state index in [1.807, 2.05) is 20.8 Å². The van der Waals surface area contributed by atoms with Crippen molar-refractivity contribution in [2.75, 3.05) is 18.4 Å². The van der Waals surface area contributed by atoms with Gasteiger partial charge in [0.05, 0.1) is 0 Å². The van der Waals surface area contributed by atoms with Crippen LogP contribution < -0.4 is 10.6 Å². The number of carbonyl (C=O) groups excluding carboxylic acids is 1. The molecule has 0 fully saturated rings. The molecular weight excluding hydrogens is 252 g/mol. The van der Waals surface area contributed by atoms with Crippen molar-refractivity contribution in [2.24, 2.45) is 0 Å². The summed E-state index contributed by atoms with van der Waals surface area (Å²) < 4.78 is 5.15. The van der Waals surface area contributed by atoms with Gasteiger partial charge >= 0.3 is 6.09 Å². The SMILES string of the molecule is CC(C)c1ccc(NCCNC(=O)OC(C)(C)C)cc1. The van der Waals surface area contributed by atoms with Crippen molar-refractivity contribution in [3.63, 3.8) is 0 Å². The van der Waals surface area contributed by atoms with Crippen molar-refractivity contribution in [2.45, 2.75) is 46.1 Å². The Balaban J connectivity index is 2.26. The normalized spacial score (nSPS) is 11.3. The molecule has 0 aliphatic carbocycles. The molecule has 1 amide bonds. The van der Waals surface area contributed by atoms with Gasteiger partial charge in [-0.3, -0.25) is 0 Å². The summed E-state index contributed by atoms with van der Waals surface area (Å²) in [5, 5.41) is 5.97. The van der Waals surface area contributed by atoms with Gasteiger partial charge in [-0.15, -0.1) is 0 Å². The highest BCUT2D eigenvalue weighted by molar-refractivity contribution is 5.67. The second-order valence-electron chi connectivity index (χ2n) is 6.13. The zero-order valence-corrected chi connectivity index (χ0v) is 13.1. The molecule has 0 atom stereocenters. The molecule has 0 radical (unpaired) electrons. The number of anilines is 1. The third-order valence-corrected chi connectivity index (χ3v) is 2.70. The average Bonchev–Trinajstić information content (AvgIpc) is 2.33. The zero-order valence-electron chi connectivity index (χ0n) is 13.1. The number of hydrogen-bond acceptors (Lipinski definition) is 3. The van der Waals surface area contributed by atoms with Gasteiger partial charge in [-0.2, -0.15) is 0 Å². The first-order chi connectivity index (χ1) is 9.28. The van der Waals surface area contributed by atoms with E-state index in [4.69, 9.17) is 4.74 Å². The maximum absolute atomic E-state index is 11.4. The highest BCUT2D eigenvalue weighted by Gasteiger charge is 2.15. The van der Waals surface area contributed by atoms with Crippen molar-refractivity contribution in [1.29, 1.82) is 0 Å². The van der Waals surface area contributed by atoms with Crippen LogP contribution in [0.1, 0.15) is 46.1 Å². The number of nitrogens with one attached hydrogen (secondary N) is 2. The molecule has 0 saturated heterocycles. The largest absolute Gasteiger partial charge is 0.444 e. The fraction of sp³-hybridized carbons (Fsp3) is 0.562. The molecule has 20 heavy (non-hydrogen) atoms. The van der Waals surface area contributed by atoms with Crippen LogP contribution in [0.15, 0.2) is 24.3 Å². The standard InChI is InChI=1S/C16H26N2O2/c1-12(2)13-6-8-14(9-7-13)17-10-11-18-15(19)20-16(3,4)5/h6-9,12,17H,10-11H2,1-5H3,(H,18,19). The Morgan fingerprint density at radius 3 is 2.25 bits per heavy atom. The van der Waals surface area contributed by atoms with Gasteiger partial charge < -0.3 is 15.4 Å². The molecular formula is C16H26N2O2. The lowest BCUT2D eigenvalue weighted by atomic mass is 10.0. The Kier molecular flexibility index (Phi) is 5.86. The molecule has 0 bridgehead atoms. The Morgan fingerprint density at radius 1 is 1.15 bits per heavy atom. The summed E-state index contributed by atoms with van der Waals surface area (Å²) in [6, 6.07) is 8.36. The number of hydrogen-bond donors (Lipinski definition) is 2. The van der Waals surface area contributed by atoms with Crippen LogP contribution >= 0.6 is 0 Å². The van der Waals surface area contributed by atoms with Gasteiger partial charge in [0, 0.05) is 18.8 Å². The topological polar surface area (TPSA) is 50.4 Å². The molecule has 1 aromatic carbocycles. The lowest BCUT2D eigenvalue weighted by Gasteiger charge is -2.19. The number of carbonyl (C=O) groups is 1. The molecule has 0 aliphatic rings. The maximum atomic E-state index is 11.4. The van der Waals surface area contributed by atoms with Crippen LogP contribution in [0.2, 0.25) is 0 Å². The summed E-state index contributed by atoms with van der Waals surface area (Å²) >= 11 is 0. The molecule has 4 nitrogen and oxygen atoms in total. The Labute approximate surface area is 121 Å². The first-order valence-corrected chi connectivity index (χ1v) is 7.08. The van der Waals surface area contributed by atoms with E-state index < -0.39 is 5.60 Å². The molecule has 0 aliphatic heterocycles. The van der Waals surface area contributed by atoms with E-state index in [-0.39, 0.29) is 6.09 Å². The van der Waals surface area contributed by atoms with E-state index in [1.165, 1.54) is 5.56 Å². The van der Waals surface area contributed by atoms with Gasteiger partial charge in [0.1, 0.15) is 5.60 Å². The van der Waals surface area contributed by atoms with Gasteiger partial charge in [0.15, 0.2) is 0 Å². The number of alkyl carbamates (subject to hydrolysis) is 1. The summed E-state index contributed by atoms with van der Waals surface area (Å²) in [5.74, 6) is 0.540. The Bertz CT molecular complexity index is 419. The fourth-order valence-corrected chi connectivity index (χ4v) is 1.67. The van der Waals surface area contributed by atoms with Gasteiger partial charge in [-0.25, -0.2) is 4.79 Å². The first-order valence-electron chi connectivity index (χ1n) is 7.08. The van der Waals surface area contributed by atoms with E-state index in [0.717, 1.165) is 5.69 Å². The number of amides is 1. The summed E-state index contributed by atoms with van der Waals surface area (Å²) in [7, 11) is 0. The summed E-state index contributed by atoms with van der Waals surface area (Å²) in [5.41, 5.74) is 1.92. The lowest BCUT2D eigenvalue weighted by molar-refractivity contribution is 0.0530. The van der Waals surface area contributed by atoms with Crippen LogP contribution in [0.4, 0.5) is 10.5 Å². The summed E-state index contributed by atoms with van der Waals surface area (Å²) in [6.45, 7) is 11.1. The van der Waals surface area contributed by atoms with E-state index in [9.17, 15) is 4.79 Å². The highest BCUT2D eigenvalue weighted by atomic mass is 16.6. The smallest absolute Gasteiger partial charge is 0.407 e. The summed E-state index contributed by atoms with van der Waals surface area (Å²) in [4.78, 5) is 11.4. The fourth-order valence-electron chi connectivity index (χ4n) is 1.67. The van der Waals surface area contributed by atoms with Gasteiger partial charge in [-0.05, 0) is 44.4 Å². The van der Waals surface area contributed by atoms with Crippen molar-refractivity contribution >= 4 is 11.8 Å². The maximum Gasteiger partial charge on any atom is 0.407 e. The van der Waals surface area contributed by atoms with Crippen LogP contribution in [0.5, 0.6) is 0 Å². The lowest BCUT2D eigenvalue weighted by Crippen LogP contribution is -2.34. The predicted octanol–water partition coefficient (Wildman–Crippen LogP) is 3.75. The van der Waals surface area contributed by atoms with Gasteiger partial charge in [0.25, 0.3) is 0 Å². The van der Waals surface area contributed by atoms with E-state index in [0.29, 0.717) is 19.0 Å². The molecule has 0 saturated carbocycles. The van der Waals surface area contributed by atoms with Gasteiger partial charge in [0.2, 0.25) is 0 Å². The number of ether oxygens (including phenoxy) is 1.